The lowest BCUT2D eigenvalue weighted by Crippen LogP contribution is -2.32. The van der Waals surface area contributed by atoms with Gasteiger partial charge >= 0.3 is 0 Å². The normalized spacial score (nSPS) is 12.0. The summed E-state index contributed by atoms with van der Waals surface area (Å²) in [5, 5.41) is 26.4. The summed E-state index contributed by atoms with van der Waals surface area (Å²) in [6.07, 6.45) is 1.35. The number of hydrogen-bond acceptors (Lipinski definition) is 11. The Kier molecular flexibility index (Phi) is 18.5. The highest BCUT2D eigenvalue weighted by molar-refractivity contribution is 6.37. The van der Waals surface area contributed by atoms with Crippen LogP contribution in [0.25, 0.3) is 0 Å². The number of nitrogens with zero attached hydrogens (tertiary/aromatic N) is 4. The summed E-state index contributed by atoms with van der Waals surface area (Å²) in [6, 6.07) is 23.5. The van der Waals surface area contributed by atoms with E-state index < -0.39 is 47.3 Å². The molecule has 5 aromatic carbocycles. The van der Waals surface area contributed by atoms with E-state index in [2.05, 4.69) is 41.7 Å². The first-order valence-corrected chi connectivity index (χ1v) is 21.9. The number of ketones is 2. The third-order valence-electron chi connectivity index (χ3n) is 9.18. The van der Waals surface area contributed by atoms with Gasteiger partial charge in [-0.3, -0.25) is 28.8 Å². The van der Waals surface area contributed by atoms with Gasteiger partial charge in [-0.1, -0.05) is 71.2 Å². The maximum Gasteiger partial charge on any atom is 0.258 e. The van der Waals surface area contributed by atoms with E-state index in [9.17, 15) is 28.8 Å². The molecule has 0 aliphatic heterocycles. The van der Waals surface area contributed by atoms with Crippen molar-refractivity contribution in [2.24, 2.45) is 20.5 Å². The zero-order valence-electron chi connectivity index (χ0n) is 34.5. The summed E-state index contributed by atoms with van der Waals surface area (Å²) in [7, 11) is 0. The number of halogens is 5. The van der Waals surface area contributed by atoms with Crippen molar-refractivity contribution in [3.8, 4) is 5.75 Å². The standard InChI is InChI=1S/C45H39Cl5N8O7/c1-25(59)40(57-55-35-7-3-5-32(38(35)49)42(61)51-29-13-9-27(10-14-29)19-21-46)44(63)53-31-17-18-34(37(23-31)65-24-48)54-45(64)41(26(2)60)58-56-36-8-4-6-33(39(36)50)43(62)52-30-15-11-28(12-16-30)20-22-47/h3-18,23,40-41H,19-22,24H2,1-2H3,(H,51,61)(H,52,62)(H,53,63)(H,54,64). The van der Waals surface area contributed by atoms with Crippen LogP contribution in [0.5, 0.6) is 5.75 Å². The summed E-state index contributed by atoms with van der Waals surface area (Å²) in [5.74, 6) is -3.30. The van der Waals surface area contributed by atoms with Crippen molar-refractivity contribution in [1.82, 2.24) is 0 Å². The first-order valence-electron chi connectivity index (χ1n) is 19.5. The Labute approximate surface area is 398 Å². The predicted molar refractivity (Wildman–Crippen MR) is 254 cm³/mol. The summed E-state index contributed by atoms with van der Waals surface area (Å²) < 4.78 is 5.49. The van der Waals surface area contributed by atoms with E-state index in [0.717, 1.165) is 25.0 Å². The van der Waals surface area contributed by atoms with E-state index in [1.54, 1.807) is 24.3 Å². The molecular weight excluding hydrogens is 942 g/mol. The highest BCUT2D eigenvalue weighted by Crippen LogP contribution is 2.33. The fourth-order valence-electron chi connectivity index (χ4n) is 5.84. The highest BCUT2D eigenvalue weighted by atomic mass is 35.5. The molecular formula is C45H39Cl5N8O7. The third-order valence-corrected chi connectivity index (χ3v) is 10.5. The average Bonchev–Trinajstić information content (AvgIpc) is 3.27. The second-order valence-corrected chi connectivity index (χ2v) is 15.6. The van der Waals surface area contributed by atoms with Gasteiger partial charge in [-0.25, -0.2) is 0 Å². The topological polar surface area (TPSA) is 209 Å². The van der Waals surface area contributed by atoms with Crippen molar-refractivity contribution < 1.29 is 33.5 Å². The Morgan fingerprint density at radius 3 is 1.40 bits per heavy atom. The van der Waals surface area contributed by atoms with Crippen LogP contribution < -0.4 is 26.0 Å². The van der Waals surface area contributed by atoms with Crippen LogP contribution in [0, 0.1) is 0 Å². The Morgan fingerprint density at radius 1 is 0.554 bits per heavy atom. The summed E-state index contributed by atoms with van der Waals surface area (Å²) in [5.41, 5.74) is 3.39. The number of rotatable bonds is 20. The van der Waals surface area contributed by atoms with E-state index in [1.807, 2.05) is 24.3 Å². The van der Waals surface area contributed by atoms with Crippen LogP contribution in [-0.4, -0.2) is 65.1 Å². The van der Waals surface area contributed by atoms with E-state index in [1.165, 1.54) is 54.6 Å². The van der Waals surface area contributed by atoms with Gasteiger partial charge in [0.2, 0.25) is 12.1 Å². The van der Waals surface area contributed by atoms with Gasteiger partial charge in [0.25, 0.3) is 23.6 Å². The zero-order valence-corrected chi connectivity index (χ0v) is 38.3. The van der Waals surface area contributed by atoms with Crippen LogP contribution in [0.3, 0.4) is 0 Å². The maximum atomic E-state index is 13.4. The molecule has 0 saturated carbocycles. The minimum atomic E-state index is -1.66. The van der Waals surface area contributed by atoms with Gasteiger partial charge in [-0.05, 0) is 98.5 Å². The van der Waals surface area contributed by atoms with Crippen molar-refractivity contribution >= 4 is 127 Å². The van der Waals surface area contributed by atoms with Crippen LogP contribution in [0.4, 0.5) is 34.1 Å². The Bertz CT molecular complexity index is 2630. The number of ether oxygens (including phenoxy) is 1. The smallest absolute Gasteiger partial charge is 0.258 e. The lowest BCUT2D eigenvalue weighted by atomic mass is 10.1. The fraction of sp³-hybridized carbons (Fsp3) is 0.200. The number of carbonyl (C=O) groups excluding carboxylic acids is 6. The van der Waals surface area contributed by atoms with Gasteiger partial charge in [-0.2, -0.15) is 20.5 Å². The number of alkyl halides is 3. The lowest BCUT2D eigenvalue weighted by molar-refractivity contribution is -0.127. The van der Waals surface area contributed by atoms with Crippen molar-refractivity contribution in [2.75, 3.05) is 39.1 Å². The highest BCUT2D eigenvalue weighted by Gasteiger charge is 2.27. The average molecular weight is 981 g/mol. The Balaban J connectivity index is 1.26. The predicted octanol–water partition coefficient (Wildman–Crippen LogP) is 11.0. The Morgan fingerprint density at radius 2 is 0.985 bits per heavy atom. The monoisotopic (exact) mass is 978 g/mol. The third kappa shape index (κ3) is 13.9. The number of azo groups is 2. The van der Waals surface area contributed by atoms with Gasteiger partial charge in [0.15, 0.2) is 17.6 Å². The van der Waals surface area contributed by atoms with E-state index in [0.29, 0.717) is 36.0 Å². The minimum Gasteiger partial charge on any atom is -0.476 e. The number of nitrogens with one attached hydrogen (secondary N) is 4. The molecule has 4 N–H and O–H groups in total. The Hall–Kier alpha value is -6.23. The molecule has 0 fully saturated rings. The maximum absolute atomic E-state index is 13.4. The van der Waals surface area contributed by atoms with Gasteiger partial charge in [0.1, 0.15) is 17.1 Å². The molecule has 0 saturated heterocycles. The van der Waals surface area contributed by atoms with E-state index in [-0.39, 0.29) is 55.7 Å². The van der Waals surface area contributed by atoms with E-state index in [4.69, 9.17) is 62.7 Å². The first-order chi connectivity index (χ1) is 31.2. The van der Waals surface area contributed by atoms with Gasteiger partial charge < -0.3 is 26.0 Å². The zero-order chi connectivity index (χ0) is 47.0. The van der Waals surface area contributed by atoms with Gasteiger partial charge in [-0.15, -0.1) is 23.2 Å². The number of hydrogen-bond donors (Lipinski definition) is 4. The second kappa shape index (κ2) is 24.2. The fourth-order valence-corrected chi connectivity index (χ4v) is 6.89. The summed E-state index contributed by atoms with van der Waals surface area (Å²) >= 11 is 30.5. The molecule has 15 nitrogen and oxygen atoms in total. The molecule has 0 aromatic heterocycles. The molecule has 336 valence electrons. The number of carbonyl (C=O) groups is 6. The molecule has 2 unspecified atom stereocenters. The molecule has 0 aliphatic carbocycles. The molecule has 0 bridgehead atoms. The van der Waals surface area contributed by atoms with Crippen molar-refractivity contribution in [1.29, 1.82) is 0 Å². The molecule has 20 heteroatoms. The quantitative estimate of drug-likeness (QED) is 0.0336. The molecule has 65 heavy (non-hydrogen) atoms. The van der Waals surface area contributed by atoms with Crippen LogP contribution in [0.1, 0.15) is 45.7 Å². The molecule has 0 spiro atoms. The van der Waals surface area contributed by atoms with Crippen molar-refractivity contribution in [2.45, 2.75) is 38.8 Å². The summed E-state index contributed by atoms with van der Waals surface area (Å²) in [4.78, 5) is 78.2. The number of benzene rings is 5. The first kappa shape index (κ1) is 49.8. The van der Waals surface area contributed by atoms with Gasteiger partial charge in [0.05, 0.1) is 26.9 Å². The molecule has 2 atom stereocenters. The molecule has 5 rings (SSSR count). The molecule has 4 amide bonds. The van der Waals surface area contributed by atoms with Gasteiger partial charge in [0, 0.05) is 34.9 Å². The van der Waals surface area contributed by atoms with Crippen LogP contribution in [-0.2, 0) is 32.0 Å². The number of anilines is 4. The summed E-state index contributed by atoms with van der Waals surface area (Å²) in [6.45, 7) is 2.28. The molecule has 0 aliphatic rings. The SMILES string of the molecule is CC(=O)C(N=Nc1cccc(C(=O)Nc2ccc(CCCl)cc2)c1Cl)C(=O)Nc1ccc(NC(=O)C(N=Nc2cccc(C(=O)Nc3ccc(CCCl)cc3)c2Cl)C(C)=O)c(OCCl)c1. The molecule has 5 aromatic rings. The molecule has 0 radical (unpaired) electrons. The van der Waals surface area contributed by atoms with E-state index >= 15 is 0 Å². The second-order valence-electron chi connectivity index (χ2n) is 13.9. The van der Waals surface area contributed by atoms with Crippen molar-refractivity contribution in [3.63, 3.8) is 0 Å². The molecule has 0 heterocycles. The number of aryl methyl sites for hydroxylation is 2. The van der Waals surface area contributed by atoms with Crippen molar-refractivity contribution in [3.05, 3.63) is 135 Å². The van der Waals surface area contributed by atoms with Crippen LogP contribution in [0.15, 0.2) is 124 Å². The largest absolute Gasteiger partial charge is 0.476 e. The minimum absolute atomic E-state index is 0.0193. The lowest BCUT2D eigenvalue weighted by Gasteiger charge is -2.15. The number of amides is 4. The number of Topliss-reactive ketones (excluding diaryl/α,β-unsaturated/α-hetero) is 2. The van der Waals surface area contributed by atoms with Crippen LogP contribution >= 0.6 is 58.0 Å². The van der Waals surface area contributed by atoms with Crippen LogP contribution in [0.2, 0.25) is 10.0 Å².